The Morgan fingerprint density at radius 2 is 2.30 bits per heavy atom. The molecule has 2 aliphatic heterocycles. The van der Waals surface area contributed by atoms with Crippen molar-refractivity contribution >= 4 is 23.2 Å². The SMILES string of the molecule is C[C@]1(O)C(c2cc3[nH]c(=O)nc4c3n2NC=N4)O[C@H](CO)[C@H]1O. The van der Waals surface area contributed by atoms with Crippen molar-refractivity contribution in [2.24, 2.45) is 4.99 Å². The fourth-order valence-corrected chi connectivity index (χ4v) is 3.14. The Morgan fingerprint density at radius 3 is 3.00 bits per heavy atom. The first-order chi connectivity index (χ1) is 10.9. The maximum absolute atomic E-state index is 11.6. The summed E-state index contributed by atoms with van der Waals surface area (Å²) in [6.45, 7) is 1.01. The lowest BCUT2D eigenvalue weighted by atomic mass is 9.91. The van der Waals surface area contributed by atoms with Crippen molar-refractivity contribution in [3.8, 4) is 0 Å². The van der Waals surface area contributed by atoms with Crippen LogP contribution in [0.15, 0.2) is 15.9 Å². The maximum Gasteiger partial charge on any atom is 0.347 e. The first kappa shape index (κ1) is 14.3. The molecular formula is C13H15N5O5. The van der Waals surface area contributed by atoms with Gasteiger partial charge in [-0.25, -0.2) is 9.79 Å². The van der Waals surface area contributed by atoms with Crippen molar-refractivity contribution in [1.29, 1.82) is 0 Å². The molecule has 5 N–H and O–H groups in total. The fourth-order valence-electron chi connectivity index (χ4n) is 3.14. The van der Waals surface area contributed by atoms with Crippen LogP contribution in [0.3, 0.4) is 0 Å². The van der Waals surface area contributed by atoms with Gasteiger partial charge in [-0.3, -0.25) is 10.1 Å². The van der Waals surface area contributed by atoms with E-state index in [1.807, 2.05) is 0 Å². The number of rotatable bonds is 2. The van der Waals surface area contributed by atoms with E-state index >= 15 is 0 Å². The van der Waals surface area contributed by atoms with Gasteiger partial charge in [-0.2, -0.15) is 4.98 Å². The van der Waals surface area contributed by atoms with Crippen molar-refractivity contribution in [3.05, 3.63) is 22.2 Å². The Balaban J connectivity index is 1.91. The molecule has 0 radical (unpaired) electrons. The molecule has 0 saturated carbocycles. The zero-order valence-corrected chi connectivity index (χ0v) is 12.1. The smallest absolute Gasteiger partial charge is 0.347 e. The molecular weight excluding hydrogens is 306 g/mol. The highest BCUT2D eigenvalue weighted by Crippen LogP contribution is 2.43. The number of aliphatic hydroxyl groups excluding tert-OH is 2. The number of H-pyrrole nitrogens is 1. The molecule has 122 valence electrons. The van der Waals surface area contributed by atoms with Gasteiger partial charge in [-0.1, -0.05) is 0 Å². The van der Waals surface area contributed by atoms with Crippen LogP contribution < -0.4 is 11.1 Å². The molecule has 1 unspecified atom stereocenters. The van der Waals surface area contributed by atoms with E-state index < -0.39 is 36.2 Å². The molecule has 2 aromatic heterocycles. The Kier molecular flexibility index (Phi) is 2.87. The topological polar surface area (TPSA) is 145 Å². The van der Waals surface area contributed by atoms with E-state index in [9.17, 15) is 20.1 Å². The first-order valence-corrected chi connectivity index (χ1v) is 7.05. The van der Waals surface area contributed by atoms with Gasteiger partial charge in [0, 0.05) is 0 Å². The summed E-state index contributed by atoms with van der Waals surface area (Å²) >= 11 is 0. The van der Waals surface area contributed by atoms with E-state index in [0.717, 1.165) is 0 Å². The molecule has 4 rings (SSSR count). The van der Waals surface area contributed by atoms with Crippen LogP contribution in [-0.4, -0.2) is 60.7 Å². The molecule has 1 saturated heterocycles. The number of nitrogens with one attached hydrogen (secondary N) is 2. The molecule has 10 heteroatoms. The predicted molar refractivity (Wildman–Crippen MR) is 79.2 cm³/mol. The number of aromatic nitrogens is 3. The Labute approximate surface area is 129 Å². The lowest BCUT2D eigenvalue weighted by molar-refractivity contribution is -0.0665. The van der Waals surface area contributed by atoms with E-state index in [1.165, 1.54) is 13.3 Å². The van der Waals surface area contributed by atoms with E-state index in [4.69, 9.17) is 4.74 Å². The molecule has 2 aliphatic rings. The van der Waals surface area contributed by atoms with Gasteiger partial charge >= 0.3 is 5.69 Å². The molecule has 0 spiro atoms. The van der Waals surface area contributed by atoms with Crippen LogP contribution in [-0.2, 0) is 4.74 Å². The third kappa shape index (κ3) is 1.86. The van der Waals surface area contributed by atoms with Gasteiger partial charge in [0.05, 0.1) is 17.8 Å². The zero-order valence-electron chi connectivity index (χ0n) is 12.1. The summed E-state index contributed by atoms with van der Waals surface area (Å²) in [5, 5.41) is 30.0. The molecule has 4 heterocycles. The normalized spacial score (nSPS) is 32.4. The monoisotopic (exact) mass is 321 g/mol. The lowest BCUT2D eigenvalue weighted by Crippen LogP contribution is -2.43. The Morgan fingerprint density at radius 1 is 1.52 bits per heavy atom. The molecule has 0 amide bonds. The highest BCUT2D eigenvalue weighted by Gasteiger charge is 2.53. The molecule has 10 nitrogen and oxygen atoms in total. The second kappa shape index (κ2) is 4.61. The van der Waals surface area contributed by atoms with E-state index in [-0.39, 0.29) is 5.82 Å². The van der Waals surface area contributed by atoms with Crippen molar-refractivity contribution < 1.29 is 20.1 Å². The summed E-state index contributed by atoms with van der Waals surface area (Å²) in [5.41, 5.74) is 2.20. The second-order valence-corrected chi connectivity index (χ2v) is 5.83. The van der Waals surface area contributed by atoms with Crippen molar-refractivity contribution in [3.63, 3.8) is 0 Å². The van der Waals surface area contributed by atoms with Crippen LogP contribution in [0.4, 0.5) is 5.82 Å². The molecule has 0 bridgehead atoms. The second-order valence-electron chi connectivity index (χ2n) is 5.83. The highest BCUT2D eigenvalue weighted by molar-refractivity contribution is 5.91. The average Bonchev–Trinajstić information content (AvgIpc) is 2.97. The number of ether oxygens (including phenoxy) is 1. The minimum Gasteiger partial charge on any atom is -0.394 e. The Bertz CT molecular complexity index is 869. The minimum atomic E-state index is -1.62. The van der Waals surface area contributed by atoms with Gasteiger partial charge in [-0.15, -0.1) is 0 Å². The van der Waals surface area contributed by atoms with Gasteiger partial charge < -0.3 is 25.0 Å². The summed E-state index contributed by atoms with van der Waals surface area (Å²) < 4.78 is 7.20. The third-order valence-corrected chi connectivity index (χ3v) is 4.30. The van der Waals surface area contributed by atoms with E-state index in [2.05, 4.69) is 20.4 Å². The lowest BCUT2D eigenvalue weighted by Gasteiger charge is -2.27. The summed E-state index contributed by atoms with van der Waals surface area (Å²) in [5.74, 6) is 0.241. The quantitative estimate of drug-likeness (QED) is 0.452. The number of hydrogen-bond donors (Lipinski definition) is 5. The number of hydrogen-bond acceptors (Lipinski definition) is 8. The van der Waals surface area contributed by atoms with Crippen LogP contribution in [0.2, 0.25) is 0 Å². The third-order valence-electron chi connectivity index (χ3n) is 4.30. The van der Waals surface area contributed by atoms with Gasteiger partial charge in [0.25, 0.3) is 0 Å². The summed E-state index contributed by atoms with van der Waals surface area (Å²) in [6, 6.07) is 1.62. The summed E-state index contributed by atoms with van der Waals surface area (Å²) in [7, 11) is 0. The number of aliphatic hydroxyl groups is 3. The van der Waals surface area contributed by atoms with Crippen LogP contribution in [0.5, 0.6) is 0 Å². The standard InChI is InChI=1S/C13H15N5O5/c1-13(22)9(20)7(3-19)23-10(13)6-2-5-8-11(17-12(21)16-5)14-4-15-18(6)8/h2,4,7,9-10,19-20,22H,3H2,1H3,(H2,14,15,16,17,21)/t7-,9-,10?,13-/m1/s1. The van der Waals surface area contributed by atoms with E-state index in [1.54, 1.807) is 10.7 Å². The van der Waals surface area contributed by atoms with Crippen LogP contribution in [0, 0.1) is 0 Å². The molecule has 0 aliphatic carbocycles. The van der Waals surface area contributed by atoms with Gasteiger partial charge in [0.1, 0.15) is 35.8 Å². The molecule has 0 aromatic carbocycles. The highest BCUT2D eigenvalue weighted by atomic mass is 16.6. The zero-order chi connectivity index (χ0) is 16.4. The first-order valence-electron chi connectivity index (χ1n) is 7.05. The Hall–Kier alpha value is -2.27. The molecule has 23 heavy (non-hydrogen) atoms. The van der Waals surface area contributed by atoms with Gasteiger partial charge in [-0.05, 0) is 13.0 Å². The number of aliphatic imine (C=N–C) groups is 1. The molecule has 1 fully saturated rings. The maximum atomic E-state index is 11.6. The van der Waals surface area contributed by atoms with E-state index in [0.29, 0.717) is 16.7 Å². The predicted octanol–water partition coefficient (Wildman–Crippen LogP) is -1.51. The fraction of sp³-hybridized carbons (Fsp3) is 0.462. The molecule has 4 atom stereocenters. The van der Waals surface area contributed by atoms with Crippen LogP contribution >= 0.6 is 0 Å². The minimum absolute atomic E-state index is 0.241. The molecule has 2 aromatic rings. The van der Waals surface area contributed by atoms with Crippen molar-refractivity contribution in [1.82, 2.24) is 14.6 Å². The van der Waals surface area contributed by atoms with Gasteiger partial charge in [0.15, 0.2) is 5.82 Å². The summed E-state index contributed by atoms with van der Waals surface area (Å²) in [6.07, 6.45) is -1.72. The van der Waals surface area contributed by atoms with Gasteiger partial charge in [0.2, 0.25) is 0 Å². The average molecular weight is 321 g/mol. The summed E-state index contributed by atoms with van der Waals surface area (Å²) in [4.78, 5) is 22.0. The van der Waals surface area contributed by atoms with Crippen molar-refractivity contribution in [2.75, 3.05) is 12.0 Å². The van der Waals surface area contributed by atoms with Crippen LogP contribution in [0.1, 0.15) is 18.7 Å². The number of aromatic amines is 1. The largest absolute Gasteiger partial charge is 0.394 e. The van der Waals surface area contributed by atoms with Crippen LogP contribution in [0.25, 0.3) is 11.0 Å². The number of nitrogens with zero attached hydrogens (tertiary/aromatic N) is 3. The van der Waals surface area contributed by atoms with Crippen molar-refractivity contribution in [2.45, 2.75) is 30.8 Å².